The lowest BCUT2D eigenvalue weighted by atomic mass is 10.1. The first-order valence-corrected chi connectivity index (χ1v) is 6.47. The van der Waals surface area contributed by atoms with Crippen molar-refractivity contribution >= 4 is 12.4 Å². The largest absolute Gasteiger partial charge is 0.359 e. The van der Waals surface area contributed by atoms with Gasteiger partial charge in [0.2, 0.25) is 6.41 Å². The van der Waals surface area contributed by atoms with Crippen LogP contribution in [0.4, 0.5) is 4.79 Å². The molecule has 1 aromatic rings. The van der Waals surface area contributed by atoms with Gasteiger partial charge in [0.1, 0.15) is 0 Å². The van der Waals surface area contributed by atoms with Crippen molar-refractivity contribution in [3.63, 3.8) is 0 Å². The van der Waals surface area contributed by atoms with Gasteiger partial charge in [-0.25, -0.2) is 4.79 Å². The quantitative estimate of drug-likeness (QED) is 0.483. The first kappa shape index (κ1) is 15.0. The fourth-order valence-electron chi connectivity index (χ4n) is 1.72. The Morgan fingerprint density at radius 2 is 1.89 bits per heavy atom. The Hall–Kier alpha value is -2.04. The molecule has 0 aliphatic carbocycles. The standard InChI is InChI=1S/C14H21N3O2/c1-12-5-2-3-6-13(12)7-10-17-14(19)16-9-4-8-15-11-18/h2-3,5-6,11H,4,7-10H2,1H3,(H,15,18)(H2,16,17,19). The first-order chi connectivity index (χ1) is 9.24. The van der Waals surface area contributed by atoms with Crippen molar-refractivity contribution in [2.75, 3.05) is 19.6 Å². The zero-order chi connectivity index (χ0) is 13.9. The lowest BCUT2D eigenvalue weighted by molar-refractivity contribution is -0.109. The average Bonchev–Trinajstić information content (AvgIpc) is 2.41. The smallest absolute Gasteiger partial charge is 0.314 e. The molecule has 0 aliphatic rings. The Kier molecular flexibility index (Phi) is 7.09. The van der Waals surface area contributed by atoms with Crippen LogP contribution in [-0.2, 0) is 11.2 Å². The van der Waals surface area contributed by atoms with E-state index in [4.69, 9.17) is 0 Å². The molecule has 0 saturated carbocycles. The molecule has 0 saturated heterocycles. The highest BCUT2D eigenvalue weighted by Crippen LogP contribution is 2.06. The predicted octanol–water partition coefficient (Wildman–Crippen LogP) is 0.973. The summed E-state index contributed by atoms with van der Waals surface area (Å²) < 4.78 is 0. The lowest BCUT2D eigenvalue weighted by Crippen LogP contribution is -2.37. The predicted molar refractivity (Wildman–Crippen MR) is 75.0 cm³/mol. The van der Waals surface area contributed by atoms with Crippen LogP contribution in [-0.4, -0.2) is 32.1 Å². The third-order valence-electron chi connectivity index (χ3n) is 2.81. The van der Waals surface area contributed by atoms with Crippen molar-refractivity contribution in [1.29, 1.82) is 0 Å². The van der Waals surface area contributed by atoms with E-state index < -0.39 is 0 Å². The molecule has 1 rings (SSSR count). The van der Waals surface area contributed by atoms with Crippen molar-refractivity contribution in [2.24, 2.45) is 0 Å². The van der Waals surface area contributed by atoms with Gasteiger partial charge in [0.15, 0.2) is 0 Å². The van der Waals surface area contributed by atoms with Gasteiger partial charge in [-0.1, -0.05) is 24.3 Å². The van der Waals surface area contributed by atoms with Crippen LogP contribution in [0, 0.1) is 6.92 Å². The van der Waals surface area contributed by atoms with E-state index in [1.807, 2.05) is 12.1 Å². The SMILES string of the molecule is Cc1ccccc1CCNC(=O)NCCCNC=O. The molecule has 0 heterocycles. The van der Waals surface area contributed by atoms with E-state index in [0.717, 1.165) is 12.8 Å². The Balaban J connectivity index is 2.10. The fraction of sp³-hybridized carbons (Fsp3) is 0.429. The molecular formula is C14H21N3O2. The van der Waals surface area contributed by atoms with Crippen LogP contribution in [0.5, 0.6) is 0 Å². The Labute approximate surface area is 113 Å². The summed E-state index contributed by atoms with van der Waals surface area (Å²) >= 11 is 0. The van der Waals surface area contributed by atoms with Gasteiger partial charge >= 0.3 is 6.03 Å². The van der Waals surface area contributed by atoms with Gasteiger partial charge in [-0.05, 0) is 30.9 Å². The van der Waals surface area contributed by atoms with Crippen molar-refractivity contribution in [2.45, 2.75) is 19.8 Å². The van der Waals surface area contributed by atoms with Gasteiger partial charge in [-0.3, -0.25) is 4.79 Å². The molecule has 0 radical (unpaired) electrons. The molecule has 0 fully saturated rings. The number of carbonyl (C=O) groups is 2. The molecule has 104 valence electrons. The van der Waals surface area contributed by atoms with Gasteiger partial charge < -0.3 is 16.0 Å². The topological polar surface area (TPSA) is 70.2 Å². The van der Waals surface area contributed by atoms with Crippen LogP contribution < -0.4 is 16.0 Å². The minimum Gasteiger partial charge on any atom is -0.359 e. The number of carbonyl (C=O) groups excluding carboxylic acids is 2. The second kappa shape index (κ2) is 8.97. The molecule has 5 heteroatoms. The Bertz CT molecular complexity index is 407. The van der Waals surface area contributed by atoms with E-state index >= 15 is 0 Å². The first-order valence-electron chi connectivity index (χ1n) is 6.47. The van der Waals surface area contributed by atoms with Gasteiger partial charge in [0, 0.05) is 19.6 Å². The number of urea groups is 1. The van der Waals surface area contributed by atoms with E-state index in [1.165, 1.54) is 11.1 Å². The van der Waals surface area contributed by atoms with E-state index in [1.54, 1.807) is 0 Å². The maximum atomic E-state index is 11.4. The molecule has 0 aliphatic heterocycles. The number of hydrogen-bond donors (Lipinski definition) is 3. The highest BCUT2D eigenvalue weighted by molar-refractivity contribution is 5.73. The third-order valence-corrected chi connectivity index (χ3v) is 2.81. The van der Waals surface area contributed by atoms with Crippen molar-refractivity contribution < 1.29 is 9.59 Å². The molecule has 0 spiro atoms. The van der Waals surface area contributed by atoms with Crippen LogP contribution in [0.15, 0.2) is 24.3 Å². The van der Waals surface area contributed by atoms with Crippen molar-refractivity contribution in [3.05, 3.63) is 35.4 Å². The van der Waals surface area contributed by atoms with Crippen LogP contribution in [0.1, 0.15) is 17.5 Å². The fourth-order valence-corrected chi connectivity index (χ4v) is 1.72. The van der Waals surface area contributed by atoms with Gasteiger partial charge in [0.05, 0.1) is 0 Å². The monoisotopic (exact) mass is 263 g/mol. The maximum absolute atomic E-state index is 11.4. The highest BCUT2D eigenvalue weighted by Gasteiger charge is 2.00. The van der Waals surface area contributed by atoms with Crippen LogP contribution in [0.2, 0.25) is 0 Å². The Morgan fingerprint density at radius 3 is 2.63 bits per heavy atom. The normalized spacial score (nSPS) is 9.74. The molecule has 3 N–H and O–H groups in total. The van der Waals surface area contributed by atoms with Crippen molar-refractivity contribution in [1.82, 2.24) is 16.0 Å². The Morgan fingerprint density at radius 1 is 1.16 bits per heavy atom. The lowest BCUT2D eigenvalue weighted by Gasteiger charge is -2.08. The number of aryl methyl sites for hydroxylation is 1. The number of amides is 3. The molecule has 0 bridgehead atoms. The summed E-state index contributed by atoms with van der Waals surface area (Å²) in [5.74, 6) is 0. The molecule has 19 heavy (non-hydrogen) atoms. The zero-order valence-electron chi connectivity index (χ0n) is 11.2. The molecule has 3 amide bonds. The van der Waals surface area contributed by atoms with Crippen LogP contribution in [0.3, 0.4) is 0 Å². The number of nitrogens with one attached hydrogen (secondary N) is 3. The summed E-state index contributed by atoms with van der Waals surface area (Å²) in [6.07, 6.45) is 2.21. The van der Waals surface area contributed by atoms with Crippen molar-refractivity contribution in [3.8, 4) is 0 Å². The summed E-state index contributed by atoms with van der Waals surface area (Å²) in [5, 5.41) is 8.09. The van der Waals surface area contributed by atoms with Crippen LogP contribution >= 0.6 is 0 Å². The highest BCUT2D eigenvalue weighted by atomic mass is 16.2. The second-order valence-electron chi connectivity index (χ2n) is 4.28. The summed E-state index contributed by atoms with van der Waals surface area (Å²) in [5.41, 5.74) is 2.49. The number of rotatable bonds is 8. The van der Waals surface area contributed by atoms with E-state index in [0.29, 0.717) is 26.0 Å². The molecule has 0 atom stereocenters. The van der Waals surface area contributed by atoms with Gasteiger partial charge in [0.25, 0.3) is 0 Å². The molecular weight excluding hydrogens is 242 g/mol. The van der Waals surface area contributed by atoms with E-state index in [-0.39, 0.29) is 6.03 Å². The molecule has 0 aromatic heterocycles. The number of hydrogen-bond acceptors (Lipinski definition) is 2. The van der Waals surface area contributed by atoms with E-state index in [2.05, 4.69) is 35.0 Å². The van der Waals surface area contributed by atoms with Gasteiger partial charge in [-0.15, -0.1) is 0 Å². The second-order valence-corrected chi connectivity index (χ2v) is 4.28. The average molecular weight is 263 g/mol. The molecule has 0 unspecified atom stereocenters. The zero-order valence-corrected chi connectivity index (χ0v) is 11.2. The third kappa shape index (κ3) is 6.45. The van der Waals surface area contributed by atoms with Crippen LogP contribution in [0.25, 0.3) is 0 Å². The summed E-state index contributed by atoms with van der Waals surface area (Å²) in [4.78, 5) is 21.4. The minimum atomic E-state index is -0.167. The maximum Gasteiger partial charge on any atom is 0.314 e. The minimum absolute atomic E-state index is 0.167. The van der Waals surface area contributed by atoms with Gasteiger partial charge in [-0.2, -0.15) is 0 Å². The molecule has 5 nitrogen and oxygen atoms in total. The number of benzene rings is 1. The molecule has 1 aromatic carbocycles. The summed E-state index contributed by atoms with van der Waals surface area (Å²) in [6, 6.07) is 7.98. The van der Waals surface area contributed by atoms with E-state index in [9.17, 15) is 9.59 Å². The summed E-state index contributed by atoms with van der Waals surface area (Å²) in [6.45, 7) is 3.81. The summed E-state index contributed by atoms with van der Waals surface area (Å²) in [7, 11) is 0.